The van der Waals surface area contributed by atoms with E-state index >= 15 is 0 Å². The maximum Gasteiger partial charge on any atom is 0.405 e. The van der Waals surface area contributed by atoms with Crippen molar-refractivity contribution >= 4 is 17.8 Å². The number of nitrogens with zero attached hydrogens (tertiary/aromatic N) is 4. The van der Waals surface area contributed by atoms with Crippen LogP contribution in [-0.4, -0.2) is 59.9 Å². The summed E-state index contributed by atoms with van der Waals surface area (Å²) in [6.45, 7) is 1.75. The number of rotatable bonds is 5. The van der Waals surface area contributed by atoms with E-state index in [2.05, 4.69) is 43.0 Å². The van der Waals surface area contributed by atoms with Crippen molar-refractivity contribution < 1.29 is 13.2 Å². The van der Waals surface area contributed by atoms with Crippen molar-refractivity contribution in [3.63, 3.8) is 0 Å². The molecule has 0 unspecified atom stereocenters. The molecule has 0 atom stereocenters. The van der Waals surface area contributed by atoms with Crippen molar-refractivity contribution in [2.45, 2.75) is 25.1 Å². The third-order valence-corrected chi connectivity index (χ3v) is 4.85. The molecule has 2 aliphatic rings. The monoisotopic (exact) mass is 393 g/mol. The second-order valence-electron chi connectivity index (χ2n) is 7.01. The van der Waals surface area contributed by atoms with Gasteiger partial charge in [-0.25, -0.2) is 0 Å². The lowest BCUT2D eigenvalue weighted by atomic mass is 10.1. The lowest BCUT2D eigenvalue weighted by molar-refractivity contribution is -0.115. The molecule has 2 heterocycles. The van der Waals surface area contributed by atoms with Gasteiger partial charge in [0.2, 0.25) is 17.8 Å². The highest BCUT2D eigenvalue weighted by molar-refractivity contribution is 5.46. The summed E-state index contributed by atoms with van der Waals surface area (Å²) < 4.78 is 37.8. The van der Waals surface area contributed by atoms with E-state index in [0.717, 1.165) is 25.9 Å². The fourth-order valence-corrected chi connectivity index (χ4v) is 3.54. The molecule has 7 nitrogen and oxygen atoms in total. The number of piperazine rings is 1. The van der Waals surface area contributed by atoms with Gasteiger partial charge >= 0.3 is 6.18 Å². The first kappa shape index (κ1) is 18.7. The van der Waals surface area contributed by atoms with Gasteiger partial charge in [0.05, 0.1) is 0 Å². The van der Waals surface area contributed by atoms with Crippen LogP contribution < -0.4 is 20.9 Å². The molecule has 1 aliphatic carbocycles. The van der Waals surface area contributed by atoms with E-state index < -0.39 is 12.7 Å². The van der Waals surface area contributed by atoms with E-state index in [1.165, 1.54) is 11.1 Å². The van der Waals surface area contributed by atoms with Crippen molar-refractivity contribution in [1.82, 2.24) is 20.3 Å². The zero-order valence-electron chi connectivity index (χ0n) is 15.3. The van der Waals surface area contributed by atoms with Crippen LogP contribution in [0.5, 0.6) is 0 Å². The number of nitrogens with one attached hydrogen (secondary N) is 3. The van der Waals surface area contributed by atoms with Gasteiger partial charge < -0.3 is 20.9 Å². The Hall–Kier alpha value is -2.62. The second kappa shape index (κ2) is 7.78. The highest BCUT2D eigenvalue weighted by Crippen LogP contribution is 2.25. The molecule has 1 saturated heterocycles. The van der Waals surface area contributed by atoms with E-state index in [9.17, 15) is 13.2 Å². The number of fused-ring (bicyclic) bond motifs is 1. The topological polar surface area (TPSA) is 78.0 Å². The summed E-state index contributed by atoms with van der Waals surface area (Å²) in [5.74, 6) is 0.615. The molecule has 2 aromatic rings. The molecule has 10 heteroatoms. The van der Waals surface area contributed by atoms with Crippen LogP contribution in [0.15, 0.2) is 24.3 Å². The van der Waals surface area contributed by atoms with Gasteiger partial charge in [-0.3, -0.25) is 0 Å². The first-order chi connectivity index (χ1) is 13.5. The molecule has 0 amide bonds. The normalized spacial score (nSPS) is 17.5. The Bertz CT molecular complexity index is 796. The van der Waals surface area contributed by atoms with Gasteiger partial charge in [-0.15, -0.1) is 0 Å². The summed E-state index contributed by atoms with van der Waals surface area (Å²) in [5, 5.41) is 8.79. The van der Waals surface area contributed by atoms with Crippen molar-refractivity contribution in [3.05, 3.63) is 35.4 Å². The van der Waals surface area contributed by atoms with E-state index in [4.69, 9.17) is 0 Å². The van der Waals surface area contributed by atoms with Gasteiger partial charge in [-0.05, 0) is 24.0 Å². The number of hydrogen-bond acceptors (Lipinski definition) is 7. The van der Waals surface area contributed by atoms with Gasteiger partial charge in [-0.2, -0.15) is 28.1 Å². The predicted molar refractivity (Wildman–Crippen MR) is 101 cm³/mol. The summed E-state index contributed by atoms with van der Waals surface area (Å²) in [7, 11) is 0. The molecule has 1 fully saturated rings. The van der Waals surface area contributed by atoms with Crippen molar-refractivity contribution in [1.29, 1.82) is 0 Å². The van der Waals surface area contributed by atoms with Gasteiger partial charge in [0, 0.05) is 32.2 Å². The zero-order valence-corrected chi connectivity index (χ0v) is 15.3. The predicted octanol–water partition coefficient (Wildman–Crippen LogP) is 1.83. The van der Waals surface area contributed by atoms with Crippen LogP contribution in [-0.2, 0) is 12.8 Å². The molecular weight excluding hydrogens is 371 g/mol. The molecule has 0 radical (unpaired) electrons. The minimum atomic E-state index is -4.34. The SMILES string of the molecule is FC(F)(F)CNc1nc(NC2Cc3ccccc3C2)nc(N2CCNCC2)n1. The standard InChI is InChI=1S/C18H22F3N7/c19-18(20,21)11-23-15-25-16(27-17(26-15)28-7-5-22-6-8-28)24-14-9-12-3-1-2-4-13(12)10-14/h1-4,14,22H,5-11H2,(H2,23,24,25,26,27). The van der Waals surface area contributed by atoms with Gasteiger partial charge in [0.1, 0.15) is 6.54 Å². The molecule has 1 aromatic heterocycles. The maximum absolute atomic E-state index is 12.6. The summed E-state index contributed by atoms with van der Waals surface area (Å²) >= 11 is 0. The fraction of sp³-hybridized carbons (Fsp3) is 0.500. The maximum atomic E-state index is 12.6. The number of hydrogen-bond donors (Lipinski definition) is 3. The largest absolute Gasteiger partial charge is 0.405 e. The smallest absolute Gasteiger partial charge is 0.351 e. The van der Waals surface area contributed by atoms with E-state index in [1.807, 2.05) is 17.0 Å². The molecule has 150 valence electrons. The highest BCUT2D eigenvalue weighted by atomic mass is 19.4. The Morgan fingerprint density at radius 2 is 1.64 bits per heavy atom. The van der Waals surface area contributed by atoms with Crippen molar-refractivity contribution in [2.75, 3.05) is 48.3 Å². The van der Waals surface area contributed by atoms with E-state index in [-0.39, 0.29) is 12.0 Å². The molecular formula is C18H22F3N7. The van der Waals surface area contributed by atoms with Crippen molar-refractivity contribution in [2.24, 2.45) is 0 Å². The number of benzene rings is 1. The highest BCUT2D eigenvalue weighted by Gasteiger charge is 2.28. The van der Waals surface area contributed by atoms with Crippen LogP contribution in [0.2, 0.25) is 0 Å². The van der Waals surface area contributed by atoms with Gasteiger partial charge in [-0.1, -0.05) is 24.3 Å². The van der Waals surface area contributed by atoms with Crippen LogP contribution in [0, 0.1) is 0 Å². The summed E-state index contributed by atoms with van der Waals surface area (Å²) in [6.07, 6.45) is -2.69. The second-order valence-corrected chi connectivity index (χ2v) is 7.01. The Morgan fingerprint density at radius 1 is 1.00 bits per heavy atom. The van der Waals surface area contributed by atoms with Gasteiger partial charge in [0.25, 0.3) is 0 Å². The average molecular weight is 393 g/mol. The Kier molecular flexibility index (Phi) is 5.21. The lowest BCUT2D eigenvalue weighted by Gasteiger charge is -2.28. The van der Waals surface area contributed by atoms with Crippen LogP contribution >= 0.6 is 0 Å². The molecule has 4 rings (SSSR count). The van der Waals surface area contributed by atoms with E-state index in [1.54, 1.807) is 0 Å². The minimum Gasteiger partial charge on any atom is -0.351 e. The van der Waals surface area contributed by atoms with E-state index in [0.29, 0.717) is 25.0 Å². The summed E-state index contributed by atoms with van der Waals surface area (Å²) in [5.41, 5.74) is 2.54. The van der Waals surface area contributed by atoms with Crippen LogP contribution in [0.4, 0.5) is 31.0 Å². The number of halogens is 3. The van der Waals surface area contributed by atoms with Crippen molar-refractivity contribution in [3.8, 4) is 0 Å². The average Bonchev–Trinajstić information content (AvgIpc) is 3.08. The Morgan fingerprint density at radius 3 is 2.29 bits per heavy atom. The van der Waals surface area contributed by atoms with Gasteiger partial charge in [0.15, 0.2) is 0 Å². The minimum absolute atomic E-state index is 0.0705. The van der Waals surface area contributed by atoms with Crippen LogP contribution in [0.1, 0.15) is 11.1 Å². The van der Waals surface area contributed by atoms with Crippen LogP contribution in [0.3, 0.4) is 0 Å². The summed E-state index contributed by atoms with van der Waals surface area (Å²) in [4.78, 5) is 14.8. The molecule has 1 aromatic carbocycles. The molecule has 0 bridgehead atoms. The fourth-order valence-electron chi connectivity index (χ4n) is 3.54. The Labute approximate surface area is 160 Å². The quantitative estimate of drug-likeness (QED) is 0.715. The molecule has 3 N–H and O–H groups in total. The molecule has 1 aliphatic heterocycles. The number of anilines is 3. The zero-order chi connectivity index (χ0) is 19.6. The van der Waals surface area contributed by atoms with Crippen LogP contribution in [0.25, 0.3) is 0 Å². The number of alkyl halides is 3. The molecule has 0 spiro atoms. The third-order valence-electron chi connectivity index (χ3n) is 4.85. The molecule has 0 saturated carbocycles. The Balaban J connectivity index is 1.53. The molecule has 28 heavy (non-hydrogen) atoms. The third kappa shape index (κ3) is 4.61. The number of aromatic nitrogens is 3. The first-order valence-electron chi connectivity index (χ1n) is 9.32. The lowest BCUT2D eigenvalue weighted by Crippen LogP contribution is -2.44. The first-order valence-corrected chi connectivity index (χ1v) is 9.32. The summed E-state index contributed by atoms with van der Waals surface area (Å²) in [6, 6.07) is 8.29.